The van der Waals surface area contributed by atoms with Gasteiger partial charge in [-0.25, -0.2) is 4.98 Å². The van der Waals surface area contributed by atoms with E-state index in [1.807, 2.05) is 6.07 Å². The molecule has 6 heteroatoms. The molecule has 0 aliphatic carbocycles. The van der Waals surface area contributed by atoms with Crippen molar-refractivity contribution in [2.24, 2.45) is 0 Å². The third kappa shape index (κ3) is 3.62. The Labute approximate surface area is 128 Å². The predicted molar refractivity (Wildman–Crippen MR) is 82.2 cm³/mol. The number of nitrogens with zero attached hydrogens (tertiary/aromatic N) is 3. The van der Waals surface area contributed by atoms with Gasteiger partial charge in [0.15, 0.2) is 0 Å². The lowest BCUT2D eigenvalue weighted by Gasteiger charge is -2.17. The van der Waals surface area contributed by atoms with Gasteiger partial charge in [0.25, 0.3) is 0 Å². The third-order valence-electron chi connectivity index (χ3n) is 3.49. The number of nitrogen functional groups attached to an aromatic ring is 1. The number of benzene rings is 1. The molecule has 1 aromatic carbocycles. The highest BCUT2D eigenvalue weighted by Crippen LogP contribution is 2.25. The fourth-order valence-corrected chi connectivity index (χ4v) is 2.62. The molecular formula is C15H17ClN4O. The van der Waals surface area contributed by atoms with Crippen LogP contribution in [0.1, 0.15) is 12.0 Å². The molecule has 1 aliphatic rings. The van der Waals surface area contributed by atoms with Gasteiger partial charge in [0, 0.05) is 19.6 Å². The van der Waals surface area contributed by atoms with Crippen LogP contribution in [0.3, 0.4) is 0 Å². The summed E-state index contributed by atoms with van der Waals surface area (Å²) in [7, 11) is 0. The molecule has 1 aromatic heterocycles. The summed E-state index contributed by atoms with van der Waals surface area (Å²) in [5.41, 5.74) is 6.87. The second-order valence-corrected chi connectivity index (χ2v) is 5.54. The highest BCUT2D eigenvalue weighted by Gasteiger charge is 2.25. The van der Waals surface area contributed by atoms with E-state index in [9.17, 15) is 0 Å². The number of hydrogen-bond acceptors (Lipinski definition) is 5. The van der Waals surface area contributed by atoms with Gasteiger partial charge in [-0.3, -0.25) is 4.90 Å². The fraction of sp³-hybridized carbons (Fsp3) is 0.333. The van der Waals surface area contributed by atoms with E-state index in [-0.39, 0.29) is 12.1 Å². The molecular weight excluding hydrogens is 288 g/mol. The van der Waals surface area contributed by atoms with Crippen molar-refractivity contribution in [1.82, 2.24) is 14.9 Å². The number of halogens is 1. The maximum Gasteiger partial charge on any atom is 0.237 e. The minimum Gasteiger partial charge on any atom is -0.472 e. The van der Waals surface area contributed by atoms with Crippen molar-refractivity contribution >= 4 is 17.5 Å². The molecule has 1 fully saturated rings. The normalized spacial score (nSPS) is 18.8. The molecule has 0 spiro atoms. The molecule has 1 unspecified atom stereocenters. The molecule has 1 atom stereocenters. The topological polar surface area (TPSA) is 64.3 Å². The molecule has 0 amide bonds. The van der Waals surface area contributed by atoms with E-state index in [1.54, 1.807) is 0 Å². The second-order valence-electron chi connectivity index (χ2n) is 5.13. The van der Waals surface area contributed by atoms with Crippen LogP contribution in [-0.2, 0) is 6.54 Å². The molecule has 0 bridgehead atoms. The molecule has 2 heterocycles. The first-order valence-corrected chi connectivity index (χ1v) is 7.29. The van der Waals surface area contributed by atoms with E-state index in [1.165, 1.54) is 11.8 Å². The van der Waals surface area contributed by atoms with Crippen LogP contribution in [-0.4, -0.2) is 34.1 Å². The molecule has 1 aliphatic heterocycles. The van der Waals surface area contributed by atoms with Crippen LogP contribution < -0.4 is 10.5 Å². The smallest absolute Gasteiger partial charge is 0.237 e. The molecule has 2 N–H and O–H groups in total. The van der Waals surface area contributed by atoms with Gasteiger partial charge in [-0.1, -0.05) is 41.9 Å². The van der Waals surface area contributed by atoms with Crippen molar-refractivity contribution < 1.29 is 4.74 Å². The largest absolute Gasteiger partial charge is 0.472 e. The molecule has 110 valence electrons. The van der Waals surface area contributed by atoms with Gasteiger partial charge in [-0.05, 0) is 12.0 Å². The Balaban J connectivity index is 1.58. The summed E-state index contributed by atoms with van der Waals surface area (Å²) in [4.78, 5) is 10.2. The summed E-state index contributed by atoms with van der Waals surface area (Å²) in [6.45, 7) is 2.78. The molecule has 1 saturated heterocycles. The zero-order valence-electron chi connectivity index (χ0n) is 11.6. The minimum absolute atomic E-state index is 0.0838. The van der Waals surface area contributed by atoms with Gasteiger partial charge in [0.1, 0.15) is 11.1 Å². The number of rotatable bonds is 4. The Hall–Kier alpha value is -1.85. The summed E-state index contributed by atoms with van der Waals surface area (Å²) in [5.74, 6) is 0.546. The van der Waals surface area contributed by atoms with Crippen molar-refractivity contribution in [3.8, 4) is 5.88 Å². The van der Waals surface area contributed by atoms with Gasteiger partial charge < -0.3 is 10.5 Å². The number of aromatic nitrogens is 2. The van der Waals surface area contributed by atoms with Crippen molar-refractivity contribution in [1.29, 1.82) is 0 Å². The molecule has 0 saturated carbocycles. The molecule has 5 nitrogen and oxygen atoms in total. The number of nitrogens with two attached hydrogens (primary N) is 1. The average Bonchev–Trinajstić information content (AvgIpc) is 2.91. The first-order valence-electron chi connectivity index (χ1n) is 6.91. The lowest BCUT2D eigenvalue weighted by Crippen LogP contribution is -2.25. The molecule has 3 rings (SSSR count). The zero-order chi connectivity index (χ0) is 14.7. The van der Waals surface area contributed by atoms with Crippen LogP contribution in [0.15, 0.2) is 36.5 Å². The third-order valence-corrected chi connectivity index (χ3v) is 3.75. The van der Waals surface area contributed by atoms with Gasteiger partial charge in [-0.2, -0.15) is 4.98 Å². The second kappa shape index (κ2) is 6.28. The SMILES string of the molecule is Nc1ncc(Cl)c(OC2CCN(Cc3ccccc3)C2)n1. The Kier molecular flexibility index (Phi) is 4.22. The van der Waals surface area contributed by atoms with Crippen LogP contribution >= 0.6 is 11.6 Å². The lowest BCUT2D eigenvalue weighted by atomic mass is 10.2. The Bertz CT molecular complexity index is 608. The van der Waals surface area contributed by atoms with E-state index >= 15 is 0 Å². The number of hydrogen-bond donors (Lipinski definition) is 1. The highest BCUT2D eigenvalue weighted by molar-refractivity contribution is 6.31. The van der Waals surface area contributed by atoms with E-state index in [0.29, 0.717) is 10.9 Å². The van der Waals surface area contributed by atoms with Crippen LogP contribution in [0.4, 0.5) is 5.95 Å². The lowest BCUT2D eigenvalue weighted by molar-refractivity contribution is 0.191. The number of likely N-dealkylation sites (tertiary alicyclic amines) is 1. The van der Waals surface area contributed by atoms with Crippen LogP contribution in [0.2, 0.25) is 5.02 Å². The van der Waals surface area contributed by atoms with Crippen molar-refractivity contribution in [2.75, 3.05) is 18.8 Å². The van der Waals surface area contributed by atoms with E-state index in [4.69, 9.17) is 22.1 Å². The van der Waals surface area contributed by atoms with Gasteiger partial charge >= 0.3 is 0 Å². The van der Waals surface area contributed by atoms with E-state index in [2.05, 4.69) is 39.1 Å². The van der Waals surface area contributed by atoms with Gasteiger partial charge in [-0.15, -0.1) is 0 Å². The summed E-state index contributed by atoms with van der Waals surface area (Å²) in [6, 6.07) is 10.4. The van der Waals surface area contributed by atoms with Gasteiger partial charge in [0.2, 0.25) is 11.8 Å². The van der Waals surface area contributed by atoms with Crippen LogP contribution in [0.25, 0.3) is 0 Å². The first-order chi connectivity index (χ1) is 10.2. The summed E-state index contributed by atoms with van der Waals surface area (Å²) in [6.07, 6.45) is 2.50. The Morgan fingerprint density at radius 2 is 2.14 bits per heavy atom. The van der Waals surface area contributed by atoms with E-state index < -0.39 is 0 Å². The van der Waals surface area contributed by atoms with E-state index in [0.717, 1.165) is 26.1 Å². The average molecular weight is 305 g/mol. The monoisotopic (exact) mass is 304 g/mol. The van der Waals surface area contributed by atoms with Crippen molar-refractivity contribution in [3.63, 3.8) is 0 Å². The summed E-state index contributed by atoms with van der Waals surface area (Å²) < 4.78 is 5.85. The number of anilines is 1. The maximum atomic E-state index is 6.02. The quantitative estimate of drug-likeness (QED) is 0.939. The summed E-state index contributed by atoms with van der Waals surface area (Å²) in [5, 5.41) is 0.394. The minimum atomic E-state index is 0.0838. The number of ether oxygens (including phenoxy) is 1. The standard InChI is InChI=1S/C15H17ClN4O/c16-13-8-18-15(17)19-14(13)21-12-6-7-20(10-12)9-11-4-2-1-3-5-11/h1-5,8,12H,6-7,9-10H2,(H2,17,18,19). The maximum absolute atomic E-state index is 6.02. The van der Waals surface area contributed by atoms with Gasteiger partial charge in [0.05, 0.1) is 6.20 Å². The van der Waals surface area contributed by atoms with Crippen LogP contribution in [0, 0.1) is 0 Å². The fourth-order valence-electron chi connectivity index (χ4n) is 2.48. The van der Waals surface area contributed by atoms with Crippen molar-refractivity contribution in [2.45, 2.75) is 19.1 Å². The molecule has 0 radical (unpaired) electrons. The molecule has 2 aromatic rings. The van der Waals surface area contributed by atoms with Crippen molar-refractivity contribution in [3.05, 3.63) is 47.1 Å². The highest BCUT2D eigenvalue weighted by atomic mass is 35.5. The Morgan fingerprint density at radius 3 is 2.95 bits per heavy atom. The summed E-state index contributed by atoms with van der Waals surface area (Å²) >= 11 is 6.02. The Morgan fingerprint density at radius 1 is 1.33 bits per heavy atom. The van der Waals surface area contributed by atoms with Crippen LogP contribution in [0.5, 0.6) is 5.88 Å². The first kappa shape index (κ1) is 14.1. The predicted octanol–water partition coefficient (Wildman–Crippen LogP) is 2.37. The molecule has 21 heavy (non-hydrogen) atoms. The zero-order valence-corrected chi connectivity index (χ0v) is 12.3.